The molecular formula is C14H20ClN5. The Labute approximate surface area is 124 Å². The molecule has 0 spiro atoms. The Morgan fingerprint density at radius 1 is 1.45 bits per heavy atom. The van der Waals surface area contributed by atoms with Gasteiger partial charge in [0.05, 0.1) is 17.3 Å². The highest BCUT2D eigenvalue weighted by Crippen LogP contribution is 2.11. The predicted octanol–water partition coefficient (Wildman–Crippen LogP) is 2.45. The van der Waals surface area contributed by atoms with Gasteiger partial charge in [-0.25, -0.2) is 4.98 Å². The number of rotatable bonds is 4. The number of fused-ring (bicyclic) bond motifs is 1. The third-order valence-corrected chi connectivity index (χ3v) is 3.34. The Morgan fingerprint density at radius 2 is 2.25 bits per heavy atom. The topological polar surface area (TPSA) is 53.7 Å². The predicted molar refractivity (Wildman–Crippen MR) is 83.3 cm³/mol. The first-order valence-corrected chi connectivity index (χ1v) is 7.10. The van der Waals surface area contributed by atoms with Crippen molar-refractivity contribution in [2.45, 2.75) is 32.9 Å². The minimum absolute atomic E-state index is 0.390. The quantitative estimate of drug-likeness (QED) is 0.672. The summed E-state index contributed by atoms with van der Waals surface area (Å²) in [6.45, 7) is 4.88. The van der Waals surface area contributed by atoms with E-state index in [0.29, 0.717) is 17.6 Å². The van der Waals surface area contributed by atoms with Crippen LogP contribution in [0.4, 0.5) is 0 Å². The summed E-state index contributed by atoms with van der Waals surface area (Å²) in [5.41, 5.74) is 1.83. The standard InChI is InChI=1S/C14H20ClN5/c1-4-10(2)18-14(16-3)17-7-12-9-20-8-11(15)5-6-13(20)19-12/h5-6,8-10H,4,7H2,1-3H3,(H2,16,17,18). The van der Waals surface area contributed by atoms with E-state index in [1.807, 2.05) is 28.9 Å². The molecule has 2 aromatic heterocycles. The maximum atomic E-state index is 5.96. The molecule has 5 nitrogen and oxygen atoms in total. The molecule has 0 fully saturated rings. The van der Waals surface area contributed by atoms with Gasteiger partial charge in [0, 0.05) is 25.5 Å². The van der Waals surface area contributed by atoms with Crippen LogP contribution < -0.4 is 10.6 Å². The highest BCUT2D eigenvalue weighted by Gasteiger charge is 2.05. The van der Waals surface area contributed by atoms with Gasteiger partial charge in [-0.3, -0.25) is 4.99 Å². The van der Waals surface area contributed by atoms with Gasteiger partial charge in [0.1, 0.15) is 5.65 Å². The van der Waals surface area contributed by atoms with Crippen LogP contribution in [-0.4, -0.2) is 28.4 Å². The fourth-order valence-electron chi connectivity index (χ4n) is 1.81. The molecule has 108 valence electrons. The maximum absolute atomic E-state index is 5.96. The summed E-state index contributed by atoms with van der Waals surface area (Å²) in [4.78, 5) is 8.72. The van der Waals surface area contributed by atoms with E-state index in [4.69, 9.17) is 11.6 Å². The summed E-state index contributed by atoms with van der Waals surface area (Å²) in [7, 11) is 1.77. The van der Waals surface area contributed by atoms with Crippen LogP contribution in [0.15, 0.2) is 29.5 Å². The van der Waals surface area contributed by atoms with Gasteiger partial charge in [0.25, 0.3) is 0 Å². The molecule has 2 heterocycles. The van der Waals surface area contributed by atoms with Crippen molar-refractivity contribution in [3.63, 3.8) is 0 Å². The second-order valence-electron chi connectivity index (χ2n) is 4.72. The molecule has 0 aliphatic heterocycles. The summed E-state index contributed by atoms with van der Waals surface area (Å²) in [5, 5.41) is 7.27. The molecule has 1 unspecified atom stereocenters. The van der Waals surface area contributed by atoms with Crippen molar-refractivity contribution in [2.24, 2.45) is 4.99 Å². The Balaban J connectivity index is 2.01. The van der Waals surface area contributed by atoms with Crippen LogP contribution >= 0.6 is 11.6 Å². The highest BCUT2D eigenvalue weighted by molar-refractivity contribution is 6.30. The van der Waals surface area contributed by atoms with Crippen molar-refractivity contribution in [3.05, 3.63) is 35.2 Å². The second kappa shape index (κ2) is 6.61. The van der Waals surface area contributed by atoms with Crippen LogP contribution in [0.25, 0.3) is 5.65 Å². The first-order valence-electron chi connectivity index (χ1n) is 6.72. The maximum Gasteiger partial charge on any atom is 0.191 e. The largest absolute Gasteiger partial charge is 0.354 e. The Bertz CT molecular complexity index is 605. The molecule has 2 aromatic rings. The van der Waals surface area contributed by atoms with Gasteiger partial charge in [-0.2, -0.15) is 0 Å². The number of halogens is 1. The zero-order valence-electron chi connectivity index (χ0n) is 12.0. The number of hydrogen-bond acceptors (Lipinski definition) is 2. The van der Waals surface area contributed by atoms with Gasteiger partial charge in [0.15, 0.2) is 5.96 Å². The van der Waals surface area contributed by atoms with Crippen LogP contribution in [0.2, 0.25) is 5.02 Å². The third-order valence-electron chi connectivity index (χ3n) is 3.12. The van der Waals surface area contributed by atoms with Gasteiger partial charge in [-0.1, -0.05) is 18.5 Å². The second-order valence-corrected chi connectivity index (χ2v) is 5.16. The molecule has 0 aliphatic rings. The first kappa shape index (κ1) is 14.7. The van der Waals surface area contributed by atoms with Crippen molar-refractivity contribution in [2.75, 3.05) is 7.05 Å². The molecule has 0 aromatic carbocycles. The number of pyridine rings is 1. The summed E-state index contributed by atoms with van der Waals surface area (Å²) in [6, 6.07) is 4.13. The van der Waals surface area contributed by atoms with Crippen LogP contribution in [-0.2, 0) is 6.54 Å². The van der Waals surface area contributed by atoms with E-state index in [0.717, 1.165) is 23.7 Å². The molecule has 0 amide bonds. The zero-order chi connectivity index (χ0) is 14.5. The SMILES string of the molecule is CCC(C)NC(=NC)NCc1cn2cc(Cl)ccc2n1. The molecular weight excluding hydrogens is 274 g/mol. The molecule has 1 atom stereocenters. The van der Waals surface area contributed by atoms with Crippen molar-refractivity contribution >= 4 is 23.2 Å². The zero-order valence-corrected chi connectivity index (χ0v) is 12.8. The van der Waals surface area contributed by atoms with Crippen LogP contribution in [0, 0.1) is 0 Å². The summed E-state index contributed by atoms with van der Waals surface area (Å²) < 4.78 is 1.92. The van der Waals surface area contributed by atoms with Gasteiger partial charge < -0.3 is 15.0 Å². The molecule has 2 rings (SSSR count). The lowest BCUT2D eigenvalue weighted by molar-refractivity contribution is 0.623. The lowest BCUT2D eigenvalue weighted by Crippen LogP contribution is -2.41. The van der Waals surface area contributed by atoms with E-state index in [-0.39, 0.29) is 0 Å². The summed E-state index contributed by atoms with van der Waals surface area (Å²) in [6.07, 6.45) is 4.86. The van der Waals surface area contributed by atoms with Crippen molar-refractivity contribution in [3.8, 4) is 0 Å². The van der Waals surface area contributed by atoms with Crippen molar-refractivity contribution in [1.82, 2.24) is 20.0 Å². The average Bonchev–Trinajstić information content (AvgIpc) is 2.84. The van der Waals surface area contributed by atoms with Crippen LogP contribution in [0.1, 0.15) is 26.0 Å². The van der Waals surface area contributed by atoms with E-state index in [1.54, 1.807) is 7.05 Å². The molecule has 2 N–H and O–H groups in total. The summed E-state index contributed by atoms with van der Waals surface area (Å²) >= 11 is 5.96. The van der Waals surface area contributed by atoms with Crippen LogP contribution in [0.5, 0.6) is 0 Å². The van der Waals surface area contributed by atoms with E-state index in [2.05, 4.69) is 34.5 Å². The molecule has 0 bridgehead atoms. The highest BCUT2D eigenvalue weighted by atomic mass is 35.5. The Morgan fingerprint density at radius 3 is 2.95 bits per heavy atom. The van der Waals surface area contributed by atoms with Gasteiger partial charge in [-0.05, 0) is 25.5 Å². The Hall–Kier alpha value is -1.75. The number of guanidine groups is 1. The molecule has 0 saturated heterocycles. The number of nitrogens with one attached hydrogen (secondary N) is 2. The summed E-state index contributed by atoms with van der Waals surface area (Å²) in [5.74, 6) is 0.787. The van der Waals surface area contributed by atoms with E-state index in [9.17, 15) is 0 Å². The fourth-order valence-corrected chi connectivity index (χ4v) is 1.97. The minimum atomic E-state index is 0.390. The number of aliphatic imine (C=N–C) groups is 1. The van der Waals surface area contributed by atoms with E-state index in [1.165, 1.54) is 0 Å². The first-order chi connectivity index (χ1) is 9.62. The van der Waals surface area contributed by atoms with Crippen molar-refractivity contribution < 1.29 is 0 Å². The van der Waals surface area contributed by atoms with Crippen LogP contribution in [0.3, 0.4) is 0 Å². The van der Waals surface area contributed by atoms with Gasteiger partial charge >= 0.3 is 0 Å². The van der Waals surface area contributed by atoms with Crippen molar-refractivity contribution in [1.29, 1.82) is 0 Å². The average molecular weight is 294 g/mol. The van der Waals surface area contributed by atoms with Gasteiger partial charge in [0.2, 0.25) is 0 Å². The molecule has 20 heavy (non-hydrogen) atoms. The smallest absolute Gasteiger partial charge is 0.191 e. The molecule has 0 saturated carbocycles. The normalized spacial score (nSPS) is 13.5. The number of imidazole rings is 1. The monoisotopic (exact) mass is 293 g/mol. The van der Waals surface area contributed by atoms with E-state index >= 15 is 0 Å². The lowest BCUT2D eigenvalue weighted by atomic mass is 10.3. The van der Waals surface area contributed by atoms with Gasteiger partial charge in [-0.15, -0.1) is 0 Å². The van der Waals surface area contributed by atoms with E-state index < -0.39 is 0 Å². The Kier molecular flexibility index (Phi) is 4.84. The fraction of sp³-hybridized carbons (Fsp3) is 0.429. The number of hydrogen-bond donors (Lipinski definition) is 2. The minimum Gasteiger partial charge on any atom is -0.354 e. The molecule has 6 heteroatoms. The number of nitrogens with zero attached hydrogens (tertiary/aromatic N) is 3. The molecule has 0 aliphatic carbocycles. The molecule has 0 radical (unpaired) electrons. The number of aromatic nitrogens is 2. The lowest BCUT2D eigenvalue weighted by Gasteiger charge is -2.15. The third kappa shape index (κ3) is 3.63.